The number of carbonyl (C=O) groups is 2. The number of hydrogen-bond acceptors (Lipinski definition) is 4. The molecule has 2 amide bonds. The van der Waals surface area contributed by atoms with Crippen LogP contribution in [-0.2, 0) is 9.53 Å². The van der Waals surface area contributed by atoms with E-state index in [2.05, 4.69) is 10.8 Å². The molecule has 0 saturated heterocycles. The molecule has 18 heavy (non-hydrogen) atoms. The van der Waals surface area contributed by atoms with Crippen LogP contribution in [0.2, 0.25) is 0 Å². The Bertz CT molecular complexity index is 394. The monoisotopic (exact) mass is 252 g/mol. The van der Waals surface area contributed by atoms with Gasteiger partial charge in [-0.25, -0.2) is 4.79 Å². The summed E-state index contributed by atoms with van der Waals surface area (Å²) in [6.07, 6.45) is -1.69. The first-order valence-electron chi connectivity index (χ1n) is 5.59. The number of ether oxygens (including phenoxy) is 1. The minimum atomic E-state index is -0.871. The van der Waals surface area contributed by atoms with Gasteiger partial charge >= 0.3 is 6.09 Å². The Hall–Kier alpha value is -2.24. The van der Waals surface area contributed by atoms with Gasteiger partial charge in [0.15, 0.2) is 11.9 Å². The lowest BCUT2D eigenvalue weighted by Gasteiger charge is -2.13. The predicted octanol–water partition coefficient (Wildman–Crippen LogP) is 1.23. The number of hydroxylamine groups is 1. The topological polar surface area (TPSA) is 76.7 Å². The minimum Gasteiger partial charge on any atom is -0.434 e. The summed E-state index contributed by atoms with van der Waals surface area (Å²) in [5, 5.41) is 2.54. The van der Waals surface area contributed by atoms with Crippen LogP contribution in [-0.4, -0.2) is 24.6 Å². The average Bonchev–Trinajstić information content (AvgIpc) is 2.38. The van der Waals surface area contributed by atoms with Gasteiger partial charge in [0.05, 0.1) is 0 Å². The maximum Gasteiger partial charge on any atom is 0.441 e. The summed E-state index contributed by atoms with van der Waals surface area (Å²) in [6.45, 7) is 3.74. The lowest BCUT2D eigenvalue weighted by atomic mass is 10.3. The summed E-state index contributed by atoms with van der Waals surface area (Å²) in [4.78, 5) is 27.5. The van der Waals surface area contributed by atoms with E-state index >= 15 is 0 Å². The molecule has 0 radical (unpaired) electrons. The fourth-order valence-electron chi connectivity index (χ4n) is 1.15. The Morgan fingerprint density at radius 2 is 1.94 bits per heavy atom. The molecule has 1 aromatic rings. The highest BCUT2D eigenvalue weighted by atomic mass is 16.7. The van der Waals surface area contributed by atoms with Gasteiger partial charge in [0.2, 0.25) is 0 Å². The molecule has 0 heterocycles. The molecule has 98 valence electrons. The number of carbonyl (C=O) groups excluding carboxylic acids is 2. The van der Waals surface area contributed by atoms with E-state index in [4.69, 9.17) is 9.57 Å². The highest BCUT2D eigenvalue weighted by Gasteiger charge is 2.16. The third-order valence-corrected chi connectivity index (χ3v) is 2.00. The first-order chi connectivity index (χ1) is 8.63. The molecule has 0 spiro atoms. The van der Waals surface area contributed by atoms with Crippen LogP contribution in [0.1, 0.15) is 13.8 Å². The predicted molar refractivity (Wildman–Crippen MR) is 64.8 cm³/mol. The Labute approximate surface area is 105 Å². The van der Waals surface area contributed by atoms with Crippen molar-refractivity contribution < 1.29 is 19.2 Å². The van der Waals surface area contributed by atoms with E-state index in [1.807, 2.05) is 6.07 Å². The summed E-state index contributed by atoms with van der Waals surface area (Å²) < 4.78 is 4.80. The summed E-state index contributed by atoms with van der Waals surface area (Å²) in [5.74, 6) is 0.118. The first-order valence-corrected chi connectivity index (χ1v) is 5.59. The SMILES string of the molecule is CCNC(=O)C(C)OC(=O)NOc1ccccc1. The molecule has 6 nitrogen and oxygen atoms in total. The van der Waals surface area contributed by atoms with Crippen molar-refractivity contribution in [2.24, 2.45) is 0 Å². The molecular formula is C12H16N2O4. The van der Waals surface area contributed by atoms with Crippen LogP contribution >= 0.6 is 0 Å². The Balaban J connectivity index is 2.31. The van der Waals surface area contributed by atoms with E-state index in [-0.39, 0.29) is 5.91 Å². The molecular weight excluding hydrogens is 236 g/mol. The van der Waals surface area contributed by atoms with Gasteiger partial charge in [0, 0.05) is 6.54 Å². The Morgan fingerprint density at radius 3 is 2.56 bits per heavy atom. The third-order valence-electron chi connectivity index (χ3n) is 2.00. The number of benzene rings is 1. The van der Waals surface area contributed by atoms with Crippen LogP contribution in [0, 0.1) is 0 Å². The van der Waals surface area contributed by atoms with Crippen molar-refractivity contribution >= 4 is 12.0 Å². The molecule has 1 aromatic carbocycles. The Morgan fingerprint density at radius 1 is 1.28 bits per heavy atom. The van der Waals surface area contributed by atoms with E-state index in [0.29, 0.717) is 12.3 Å². The highest BCUT2D eigenvalue weighted by molar-refractivity contribution is 5.82. The zero-order chi connectivity index (χ0) is 13.4. The second-order valence-corrected chi connectivity index (χ2v) is 3.46. The van der Waals surface area contributed by atoms with Crippen LogP contribution < -0.4 is 15.6 Å². The maximum atomic E-state index is 11.3. The molecule has 1 atom stereocenters. The van der Waals surface area contributed by atoms with Crippen molar-refractivity contribution in [1.82, 2.24) is 10.8 Å². The quantitative estimate of drug-likeness (QED) is 0.773. The molecule has 0 aromatic heterocycles. The number of para-hydroxylation sites is 1. The van der Waals surface area contributed by atoms with E-state index in [0.717, 1.165) is 0 Å². The van der Waals surface area contributed by atoms with Crippen LogP contribution in [0.4, 0.5) is 4.79 Å². The molecule has 0 saturated carbocycles. The number of amides is 2. The van der Waals surface area contributed by atoms with Crippen LogP contribution in [0.15, 0.2) is 30.3 Å². The lowest BCUT2D eigenvalue weighted by molar-refractivity contribution is -0.128. The van der Waals surface area contributed by atoms with E-state index in [1.165, 1.54) is 6.92 Å². The summed E-state index contributed by atoms with van der Waals surface area (Å²) in [7, 11) is 0. The van der Waals surface area contributed by atoms with Gasteiger partial charge in [-0.1, -0.05) is 18.2 Å². The molecule has 2 N–H and O–H groups in total. The summed E-state index contributed by atoms with van der Waals surface area (Å²) in [5.41, 5.74) is 2.09. The van der Waals surface area contributed by atoms with Crippen LogP contribution in [0.25, 0.3) is 0 Å². The van der Waals surface area contributed by atoms with Gasteiger partial charge in [0.1, 0.15) is 0 Å². The lowest BCUT2D eigenvalue weighted by Crippen LogP contribution is -2.39. The van der Waals surface area contributed by atoms with Crippen LogP contribution in [0.5, 0.6) is 5.75 Å². The van der Waals surface area contributed by atoms with E-state index < -0.39 is 12.2 Å². The number of likely N-dealkylation sites (N-methyl/N-ethyl adjacent to an activating group) is 1. The second-order valence-electron chi connectivity index (χ2n) is 3.46. The molecule has 1 unspecified atom stereocenters. The van der Waals surface area contributed by atoms with Crippen molar-refractivity contribution in [3.63, 3.8) is 0 Å². The number of rotatable bonds is 5. The zero-order valence-electron chi connectivity index (χ0n) is 10.3. The van der Waals surface area contributed by atoms with Crippen molar-refractivity contribution in [3.8, 4) is 5.75 Å². The van der Waals surface area contributed by atoms with Crippen molar-refractivity contribution in [3.05, 3.63) is 30.3 Å². The van der Waals surface area contributed by atoms with Gasteiger partial charge < -0.3 is 14.9 Å². The van der Waals surface area contributed by atoms with Crippen molar-refractivity contribution in [1.29, 1.82) is 0 Å². The smallest absolute Gasteiger partial charge is 0.434 e. The summed E-state index contributed by atoms with van der Waals surface area (Å²) >= 11 is 0. The number of hydrogen-bond donors (Lipinski definition) is 2. The Kier molecular flexibility index (Phi) is 5.50. The normalized spacial score (nSPS) is 11.2. The minimum absolute atomic E-state index is 0.354. The molecule has 0 bridgehead atoms. The van der Waals surface area contributed by atoms with Crippen molar-refractivity contribution in [2.45, 2.75) is 20.0 Å². The zero-order valence-corrected chi connectivity index (χ0v) is 10.3. The maximum absolute atomic E-state index is 11.3. The molecule has 0 aliphatic rings. The standard InChI is InChI=1S/C12H16N2O4/c1-3-13-11(15)9(2)17-12(16)14-18-10-7-5-4-6-8-10/h4-9H,3H2,1-2H3,(H,13,15)(H,14,16). The molecule has 0 aliphatic heterocycles. The van der Waals surface area contributed by atoms with E-state index in [1.54, 1.807) is 31.2 Å². The van der Waals surface area contributed by atoms with Gasteiger partial charge in [-0.15, -0.1) is 0 Å². The fourth-order valence-corrected chi connectivity index (χ4v) is 1.15. The third kappa shape index (κ3) is 4.73. The van der Waals surface area contributed by atoms with Gasteiger partial charge in [-0.05, 0) is 26.0 Å². The van der Waals surface area contributed by atoms with Gasteiger partial charge in [0.25, 0.3) is 5.91 Å². The molecule has 0 fully saturated rings. The first kappa shape index (κ1) is 13.8. The van der Waals surface area contributed by atoms with Crippen molar-refractivity contribution in [2.75, 3.05) is 6.54 Å². The molecule has 1 rings (SSSR count). The fraction of sp³-hybridized carbons (Fsp3) is 0.333. The molecule has 6 heteroatoms. The highest BCUT2D eigenvalue weighted by Crippen LogP contribution is 2.06. The number of nitrogens with one attached hydrogen (secondary N) is 2. The second kappa shape index (κ2) is 7.16. The average molecular weight is 252 g/mol. The van der Waals surface area contributed by atoms with E-state index in [9.17, 15) is 9.59 Å². The molecule has 0 aliphatic carbocycles. The van der Waals surface area contributed by atoms with Crippen LogP contribution in [0.3, 0.4) is 0 Å². The summed E-state index contributed by atoms with van der Waals surface area (Å²) in [6, 6.07) is 8.70. The van der Waals surface area contributed by atoms with Gasteiger partial charge in [-0.3, -0.25) is 4.79 Å². The van der Waals surface area contributed by atoms with Gasteiger partial charge in [-0.2, -0.15) is 5.48 Å². The largest absolute Gasteiger partial charge is 0.441 e.